The van der Waals surface area contributed by atoms with Crippen molar-refractivity contribution in [3.05, 3.63) is 0 Å². The van der Waals surface area contributed by atoms with Crippen molar-refractivity contribution >= 4 is 11.8 Å². The van der Waals surface area contributed by atoms with E-state index >= 15 is 0 Å². The van der Waals surface area contributed by atoms with Crippen molar-refractivity contribution in [2.75, 3.05) is 31.1 Å². The minimum Gasteiger partial charge on any atom is -0.308 e. The third kappa shape index (κ3) is 3.43. The van der Waals surface area contributed by atoms with Crippen molar-refractivity contribution in [2.45, 2.75) is 58.0 Å². The van der Waals surface area contributed by atoms with Gasteiger partial charge in [-0.15, -0.1) is 0 Å². The summed E-state index contributed by atoms with van der Waals surface area (Å²) in [5, 5.41) is 3.80. The molecule has 2 heterocycles. The van der Waals surface area contributed by atoms with Crippen molar-refractivity contribution in [3.8, 4) is 0 Å². The lowest BCUT2D eigenvalue weighted by atomic mass is 9.88. The molecule has 0 amide bonds. The number of thioether (sulfide) groups is 1. The van der Waals surface area contributed by atoms with Crippen LogP contribution in [0.5, 0.6) is 0 Å². The van der Waals surface area contributed by atoms with Crippen molar-refractivity contribution in [1.82, 2.24) is 10.2 Å². The molecule has 0 spiro atoms. The van der Waals surface area contributed by atoms with Crippen LogP contribution in [-0.2, 0) is 0 Å². The standard InChI is InChI=1S/C15H30N2S/c1-4-15(5-2)12-17(13(3)10-16-15)11-14-6-8-18-9-7-14/h13-14,16H,4-12H2,1-3H3. The number of rotatable bonds is 4. The number of hydrogen-bond acceptors (Lipinski definition) is 3. The molecule has 0 aromatic rings. The fourth-order valence-corrected chi connectivity index (χ4v) is 4.53. The predicted molar refractivity (Wildman–Crippen MR) is 82.4 cm³/mol. The molecule has 2 fully saturated rings. The van der Waals surface area contributed by atoms with Crippen LogP contribution in [0.3, 0.4) is 0 Å². The first-order chi connectivity index (χ1) is 8.69. The lowest BCUT2D eigenvalue weighted by Gasteiger charge is -2.47. The average molecular weight is 270 g/mol. The zero-order valence-electron chi connectivity index (χ0n) is 12.4. The normalized spacial score (nSPS) is 30.5. The number of piperazine rings is 1. The number of hydrogen-bond donors (Lipinski definition) is 1. The molecule has 2 rings (SSSR count). The van der Waals surface area contributed by atoms with Crippen LogP contribution in [0.1, 0.15) is 46.5 Å². The molecule has 18 heavy (non-hydrogen) atoms. The maximum Gasteiger partial charge on any atom is 0.0304 e. The first kappa shape index (κ1) is 14.7. The van der Waals surface area contributed by atoms with E-state index in [4.69, 9.17) is 0 Å². The van der Waals surface area contributed by atoms with Crippen LogP contribution in [0.25, 0.3) is 0 Å². The Bertz CT molecular complexity index is 247. The topological polar surface area (TPSA) is 15.3 Å². The smallest absolute Gasteiger partial charge is 0.0304 e. The molecule has 0 bridgehead atoms. The highest BCUT2D eigenvalue weighted by Gasteiger charge is 2.35. The lowest BCUT2D eigenvalue weighted by Crippen LogP contribution is -2.63. The fraction of sp³-hybridized carbons (Fsp3) is 1.00. The van der Waals surface area contributed by atoms with Gasteiger partial charge in [0.2, 0.25) is 0 Å². The molecule has 0 radical (unpaired) electrons. The van der Waals surface area contributed by atoms with Crippen molar-refractivity contribution in [1.29, 1.82) is 0 Å². The van der Waals surface area contributed by atoms with E-state index in [0.29, 0.717) is 11.6 Å². The van der Waals surface area contributed by atoms with Gasteiger partial charge in [-0.1, -0.05) is 13.8 Å². The van der Waals surface area contributed by atoms with E-state index in [1.165, 1.54) is 56.8 Å². The second-order valence-electron chi connectivity index (χ2n) is 6.20. The van der Waals surface area contributed by atoms with E-state index in [9.17, 15) is 0 Å². The molecular formula is C15H30N2S. The van der Waals surface area contributed by atoms with Gasteiger partial charge in [0.05, 0.1) is 0 Å². The Morgan fingerprint density at radius 2 is 1.89 bits per heavy atom. The second-order valence-corrected chi connectivity index (χ2v) is 7.43. The van der Waals surface area contributed by atoms with Crippen LogP contribution >= 0.6 is 11.8 Å². The molecule has 2 aliphatic rings. The quantitative estimate of drug-likeness (QED) is 0.845. The van der Waals surface area contributed by atoms with Crippen LogP contribution in [0.15, 0.2) is 0 Å². The minimum atomic E-state index is 0.385. The van der Waals surface area contributed by atoms with Gasteiger partial charge in [0.1, 0.15) is 0 Å². The Kier molecular flexibility index (Phi) is 5.40. The molecule has 0 saturated carbocycles. The molecule has 1 unspecified atom stereocenters. The van der Waals surface area contributed by atoms with Gasteiger partial charge in [-0.3, -0.25) is 4.90 Å². The van der Waals surface area contributed by atoms with Crippen molar-refractivity contribution in [3.63, 3.8) is 0 Å². The highest BCUT2D eigenvalue weighted by molar-refractivity contribution is 7.99. The number of nitrogens with one attached hydrogen (secondary N) is 1. The average Bonchev–Trinajstić information content (AvgIpc) is 2.43. The lowest BCUT2D eigenvalue weighted by molar-refractivity contribution is 0.0656. The highest BCUT2D eigenvalue weighted by Crippen LogP contribution is 2.27. The maximum absolute atomic E-state index is 3.80. The monoisotopic (exact) mass is 270 g/mol. The molecule has 2 saturated heterocycles. The SMILES string of the molecule is CCC1(CC)CN(CC2CCSCC2)C(C)CN1. The Hall–Kier alpha value is 0.270. The largest absolute Gasteiger partial charge is 0.308 e. The molecule has 0 aromatic heterocycles. The van der Waals surface area contributed by atoms with Crippen LogP contribution in [0.2, 0.25) is 0 Å². The van der Waals surface area contributed by atoms with Gasteiger partial charge in [-0.25, -0.2) is 0 Å². The summed E-state index contributed by atoms with van der Waals surface area (Å²) < 4.78 is 0. The third-order valence-corrected chi connectivity index (χ3v) is 6.14. The second kappa shape index (κ2) is 6.62. The summed E-state index contributed by atoms with van der Waals surface area (Å²) in [5.41, 5.74) is 0.385. The fourth-order valence-electron chi connectivity index (χ4n) is 3.32. The minimum absolute atomic E-state index is 0.385. The van der Waals surface area contributed by atoms with Gasteiger partial charge in [-0.2, -0.15) is 11.8 Å². The van der Waals surface area contributed by atoms with E-state index < -0.39 is 0 Å². The molecule has 1 atom stereocenters. The molecule has 1 N–H and O–H groups in total. The van der Waals surface area contributed by atoms with Crippen molar-refractivity contribution < 1.29 is 0 Å². The molecule has 3 heteroatoms. The van der Waals surface area contributed by atoms with Gasteiger partial charge in [0, 0.05) is 31.2 Å². The Morgan fingerprint density at radius 1 is 1.22 bits per heavy atom. The van der Waals surface area contributed by atoms with E-state index in [2.05, 4.69) is 42.7 Å². The van der Waals surface area contributed by atoms with Crippen LogP contribution < -0.4 is 5.32 Å². The van der Waals surface area contributed by atoms with Crippen LogP contribution in [0, 0.1) is 5.92 Å². The number of nitrogens with zero attached hydrogens (tertiary/aromatic N) is 1. The van der Waals surface area contributed by atoms with Crippen molar-refractivity contribution in [2.24, 2.45) is 5.92 Å². The Balaban J connectivity index is 1.92. The molecule has 2 nitrogen and oxygen atoms in total. The summed E-state index contributed by atoms with van der Waals surface area (Å²) in [7, 11) is 0. The highest BCUT2D eigenvalue weighted by atomic mass is 32.2. The summed E-state index contributed by atoms with van der Waals surface area (Å²) in [5.74, 6) is 3.73. The van der Waals surface area contributed by atoms with E-state index in [-0.39, 0.29) is 0 Å². The summed E-state index contributed by atoms with van der Waals surface area (Å²) in [4.78, 5) is 2.77. The molecule has 106 valence electrons. The van der Waals surface area contributed by atoms with Crippen LogP contribution in [0.4, 0.5) is 0 Å². The van der Waals surface area contributed by atoms with Gasteiger partial charge >= 0.3 is 0 Å². The van der Waals surface area contributed by atoms with Crippen LogP contribution in [-0.4, -0.2) is 47.6 Å². The molecule has 2 aliphatic heterocycles. The zero-order chi connectivity index (χ0) is 13.0. The van der Waals surface area contributed by atoms with E-state index in [1.54, 1.807) is 0 Å². The van der Waals surface area contributed by atoms with Gasteiger partial charge in [0.15, 0.2) is 0 Å². The van der Waals surface area contributed by atoms with E-state index in [0.717, 1.165) is 5.92 Å². The Labute approximate surface area is 117 Å². The summed E-state index contributed by atoms with van der Waals surface area (Å²) in [6.45, 7) is 10.8. The third-order valence-electron chi connectivity index (χ3n) is 5.09. The first-order valence-electron chi connectivity index (χ1n) is 7.76. The van der Waals surface area contributed by atoms with Gasteiger partial charge in [-0.05, 0) is 50.0 Å². The summed E-state index contributed by atoms with van der Waals surface area (Å²) in [6, 6.07) is 0.714. The van der Waals surface area contributed by atoms with Gasteiger partial charge in [0.25, 0.3) is 0 Å². The maximum atomic E-state index is 3.80. The first-order valence-corrected chi connectivity index (χ1v) is 8.91. The Morgan fingerprint density at radius 3 is 2.50 bits per heavy atom. The zero-order valence-corrected chi connectivity index (χ0v) is 13.2. The summed E-state index contributed by atoms with van der Waals surface area (Å²) >= 11 is 2.14. The van der Waals surface area contributed by atoms with Gasteiger partial charge < -0.3 is 5.32 Å². The molecule has 0 aliphatic carbocycles. The molecular weight excluding hydrogens is 240 g/mol. The predicted octanol–water partition coefficient (Wildman–Crippen LogP) is 2.98. The van der Waals surface area contributed by atoms with E-state index in [1.807, 2.05) is 0 Å². The summed E-state index contributed by atoms with van der Waals surface area (Å²) in [6.07, 6.45) is 5.39. The molecule has 0 aromatic carbocycles.